The Hall–Kier alpha value is -0.580. The Balaban J connectivity index is 1.64. The van der Waals surface area contributed by atoms with Crippen LogP contribution in [0.25, 0.3) is 0 Å². The summed E-state index contributed by atoms with van der Waals surface area (Å²) in [5, 5.41) is 9.33. The zero-order valence-corrected chi connectivity index (χ0v) is 11.9. The van der Waals surface area contributed by atoms with E-state index in [1.54, 1.807) is 0 Å². The number of benzene rings is 1. The van der Waals surface area contributed by atoms with Crippen LogP contribution < -0.4 is 4.74 Å². The van der Waals surface area contributed by atoms with Gasteiger partial charge < -0.3 is 9.84 Å². The smallest absolute Gasteiger partial charge is 0.123 e. The first kappa shape index (κ1) is 12.5. The van der Waals surface area contributed by atoms with Gasteiger partial charge in [0.05, 0.1) is 6.61 Å². The molecule has 0 amide bonds. The van der Waals surface area contributed by atoms with Crippen molar-refractivity contribution in [3.63, 3.8) is 0 Å². The van der Waals surface area contributed by atoms with Gasteiger partial charge in [0.1, 0.15) is 11.9 Å². The molecule has 2 aliphatic heterocycles. The Morgan fingerprint density at radius 2 is 2.33 bits per heavy atom. The van der Waals surface area contributed by atoms with Crippen LogP contribution in [-0.4, -0.2) is 41.8 Å². The average Bonchev–Trinajstić information content (AvgIpc) is 2.94. The molecule has 0 aliphatic carbocycles. The van der Waals surface area contributed by atoms with E-state index in [9.17, 15) is 5.11 Å². The van der Waals surface area contributed by atoms with Crippen LogP contribution in [0.1, 0.15) is 18.4 Å². The van der Waals surface area contributed by atoms with Crippen molar-refractivity contribution in [1.82, 2.24) is 4.90 Å². The number of fused-ring (bicyclic) bond motifs is 1. The number of nitrogens with zero attached hydrogens (tertiary/aromatic N) is 1. The highest BCUT2D eigenvalue weighted by Crippen LogP contribution is 2.32. The molecule has 0 bridgehead atoms. The third-order valence-corrected chi connectivity index (χ3v) is 4.40. The minimum Gasteiger partial charge on any atom is -0.488 e. The van der Waals surface area contributed by atoms with E-state index in [1.165, 1.54) is 12.0 Å². The zero-order valence-electron chi connectivity index (χ0n) is 10.3. The van der Waals surface area contributed by atoms with Crippen LogP contribution in [0, 0.1) is 0 Å². The minimum absolute atomic E-state index is 0.237. The van der Waals surface area contributed by atoms with E-state index in [2.05, 4.69) is 26.9 Å². The monoisotopic (exact) mass is 311 g/mol. The summed E-state index contributed by atoms with van der Waals surface area (Å²) < 4.78 is 7.08. The van der Waals surface area contributed by atoms with Crippen LogP contribution in [0.4, 0.5) is 0 Å². The molecule has 98 valence electrons. The Labute approximate surface area is 116 Å². The number of ether oxygens (including phenoxy) is 1. The number of hydrogen-bond donors (Lipinski definition) is 1. The van der Waals surface area contributed by atoms with E-state index >= 15 is 0 Å². The van der Waals surface area contributed by atoms with E-state index in [4.69, 9.17) is 4.74 Å². The van der Waals surface area contributed by atoms with Gasteiger partial charge in [-0.15, -0.1) is 0 Å². The summed E-state index contributed by atoms with van der Waals surface area (Å²) in [5.74, 6) is 1.02. The van der Waals surface area contributed by atoms with Crippen molar-refractivity contribution < 1.29 is 9.84 Å². The molecule has 1 saturated heterocycles. The Kier molecular flexibility index (Phi) is 3.59. The molecule has 1 aromatic carbocycles. The second kappa shape index (κ2) is 5.19. The molecular formula is C14H18BrNO2. The van der Waals surface area contributed by atoms with E-state index in [0.717, 1.165) is 36.2 Å². The number of halogens is 1. The van der Waals surface area contributed by atoms with E-state index in [0.29, 0.717) is 6.04 Å². The lowest BCUT2D eigenvalue weighted by atomic mass is 10.1. The van der Waals surface area contributed by atoms with Gasteiger partial charge in [0.25, 0.3) is 0 Å². The number of hydrogen-bond acceptors (Lipinski definition) is 3. The van der Waals surface area contributed by atoms with Crippen LogP contribution in [0.3, 0.4) is 0 Å². The Morgan fingerprint density at radius 3 is 3.17 bits per heavy atom. The van der Waals surface area contributed by atoms with Gasteiger partial charge in [0, 0.05) is 23.5 Å². The maximum absolute atomic E-state index is 9.33. The zero-order chi connectivity index (χ0) is 12.5. The molecule has 0 spiro atoms. The Bertz CT molecular complexity index is 438. The van der Waals surface area contributed by atoms with Crippen LogP contribution in [0.2, 0.25) is 0 Å². The van der Waals surface area contributed by atoms with Gasteiger partial charge in [-0.2, -0.15) is 0 Å². The topological polar surface area (TPSA) is 32.7 Å². The summed E-state index contributed by atoms with van der Waals surface area (Å²) in [6.07, 6.45) is 3.52. The summed E-state index contributed by atoms with van der Waals surface area (Å²) in [6, 6.07) is 6.53. The molecule has 0 radical (unpaired) electrons. The molecule has 0 saturated carbocycles. The predicted molar refractivity (Wildman–Crippen MR) is 73.9 cm³/mol. The van der Waals surface area contributed by atoms with Crippen LogP contribution in [-0.2, 0) is 6.42 Å². The second-order valence-corrected chi connectivity index (χ2v) is 6.09. The van der Waals surface area contributed by atoms with Gasteiger partial charge in [-0.3, -0.25) is 4.90 Å². The Morgan fingerprint density at radius 1 is 1.44 bits per heavy atom. The molecule has 1 N–H and O–H groups in total. The highest BCUT2D eigenvalue weighted by molar-refractivity contribution is 9.10. The maximum Gasteiger partial charge on any atom is 0.123 e. The second-order valence-electron chi connectivity index (χ2n) is 5.17. The van der Waals surface area contributed by atoms with Gasteiger partial charge >= 0.3 is 0 Å². The molecule has 3 nitrogen and oxygen atoms in total. The van der Waals surface area contributed by atoms with Crippen LogP contribution in [0.5, 0.6) is 5.75 Å². The molecule has 2 atom stereocenters. The first-order chi connectivity index (χ1) is 8.76. The van der Waals surface area contributed by atoms with Crippen LogP contribution >= 0.6 is 15.9 Å². The van der Waals surface area contributed by atoms with Gasteiger partial charge in [-0.25, -0.2) is 0 Å². The first-order valence-electron chi connectivity index (χ1n) is 6.56. The number of aliphatic hydroxyl groups excluding tert-OH is 1. The van der Waals surface area contributed by atoms with Crippen molar-refractivity contribution in [2.45, 2.75) is 31.4 Å². The molecule has 2 heterocycles. The van der Waals surface area contributed by atoms with Gasteiger partial charge in [0.2, 0.25) is 0 Å². The van der Waals surface area contributed by atoms with Crippen molar-refractivity contribution in [2.75, 3.05) is 19.7 Å². The maximum atomic E-state index is 9.33. The highest BCUT2D eigenvalue weighted by atomic mass is 79.9. The SMILES string of the molecule is OC[C@@H]1CCCN1CC1Cc2cc(Br)ccc2O1. The lowest BCUT2D eigenvalue weighted by Crippen LogP contribution is -2.39. The fourth-order valence-electron chi connectivity index (χ4n) is 2.99. The molecule has 1 aromatic rings. The number of aliphatic hydroxyl groups is 1. The summed E-state index contributed by atoms with van der Waals surface area (Å²) in [4.78, 5) is 2.37. The lowest BCUT2D eigenvalue weighted by Gasteiger charge is -2.25. The lowest BCUT2D eigenvalue weighted by molar-refractivity contribution is 0.109. The van der Waals surface area contributed by atoms with Crippen molar-refractivity contribution >= 4 is 15.9 Å². The third-order valence-electron chi connectivity index (χ3n) is 3.91. The van der Waals surface area contributed by atoms with Gasteiger partial charge in [-0.1, -0.05) is 15.9 Å². The fourth-order valence-corrected chi connectivity index (χ4v) is 3.40. The molecular weight excluding hydrogens is 294 g/mol. The minimum atomic E-state index is 0.237. The number of rotatable bonds is 3. The van der Waals surface area contributed by atoms with Gasteiger partial charge in [-0.05, 0) is 43.1 Å². The summed E-state index contributed by atoms with van der Waals surface area (Å²) >= 11 is 3.49. The summed E-state index contributed by atoms with van der Waals surface area (Å²) in [7, 11) is 0. The molecule has 1 fully saturated rings. The van der Waals surface area contributed by atoms with Crippen molar-refractivity contribution in [1.29, 1.82) is 0 Å². The van der Waals surface area contributed by atoms with E-state index < -0.39 is 0 Å². The summed E-state index contributed by atoms with van der Waals surface area (Å²) in [5.41, 5.74) is 1.29. The molecule has 0 aromatic heterocycles. The van der Waals surface area contributed by atoms with E-state index in [-0.39, 0.29) is 12.7 Å². The summed E-state index contributed by atoms with van der Waals surface area (Å²) in [6.45, 7) is 2.29. The number of likely N-dealkylation sites (tertiary alicyclic amines) is 1. The van der Waals surface area contributed by atoms with Crippen molar-refractivity contribution in [3.05, 3.63) is 28.2 Å². The third kappa shape index (κ3) is 2.42. The molecule has 3 rings (SSSR count). The normalized spacial score (nSPS) is 27.2. The predicted octanol–water partition coefficient (Wildman–Crippen LogP) is 2.21. The standard InChI is InChI=1S/C14H18BrNO2/c15-11-3-4-14-10(6-11)7-13(18-14)8-16-5-1-2-12(16)9-17/h3-4,6,12-13,17H,1-2,5,7-9H2/t12-,13?/m0/s1. The molecule has 2 aliphatic rings. The van der Waals surface area contributed by atoms with Crippen LogP contribution in [0.15, 0.2) is 22.7 Å². The first-order valence-corrected chi connectivity index (χ1v) is 7.35. The van der Waals surface area contributed by atoms with E-state index in [1.807, 2.05) is 12.1 Å². The van der Waals surface area contributed by atoms with Crippen molar-refractivity contribution in [2.24, 2.45) is 0 Å². The van der Waals surface area contributed by atoms with Gasteiger partial charge in [0.15, 0.2) is 0 Å². The largest absolute Gasteiger partial charge is 0.488 e. The fraction of sp³-hybridized carbons (Fsp3) is 0.571. The molecule has 4 heteroatoms. The highest BCUT2D eigenvalue weighted by Gasteiger charge is 2.30. The average molecular weight is 312 g/mol. The molecule has 18 heavy (non-hydrogen) atoms. The quantitative estimate of drug-likeness (QED) is 0.929. The van der Waals surface area contributed by atoms with Crippen molar-refractivity contribution in [3.8, 4) is 5.75 Å². The molecule has 1 unspecified atom stereocenters.